The summed E-state index contributed by atoms with van der Waals surface area (Å²) in [7, 11) is 0. The van der Waals surface area contributed by atoms with Crippen LogP contribution < -0.4 is 0 Å². The van der Waals surface area contributed by atoms with Gasteiger partial charge in [0.2, 0.25) is 0 Å². The Kier molecular flexibility index (Phi) is 8.86. The van der Waals surface area contributed by atoms with E-state index in [0.717, 1.165) is 19.3 Å². The Bertz CT molecular complexity index is 214. The van der Waals surface area contributed by atoms with Crippen LogP contribution in [0.3, 0.4) is 0 Å². The van der Waals surface area contributed by atoms with Gasteiger partial charge in [0.15, 0.2) is 0 Å². The first kappa shape index (κ1) is 12.7. The number of ether oxygens (including phenoxy) is 1. The molecular formula is C12H18O2. The van der Waals surface area contributed by atoms with Gasteiger partial charge >= 0.3 is 5.97 Å². The molecule has 2 heteroatoms. The van der Waals surface area contributed by atoms with Crippen molar-refractivity contribution >= 4 is 5.97 Å². The van der Waals surface area contributed by atoms with E-state index >= 15 is 0 Å². The number of allylic oxidation sites excluding steroid dienone is 4. The van der Waals surface area contributed by atoms with Gasteiger partial charge in [-0.15, -0.1) is 0 Å². The summed E-state index contributed by atoms with van der Waals surface area (Å²) in [6, 6.07) is 0. The van der Waals surface area contributed by atoms with Crippen molar-refractivity contribution in [2.24, 2.45) is 0 Å². The molecule has 0 aromatic carbocycles. The third-order valence-electron chi connectivity index (χ3n) is 1.55. The van der Waals surface area contributed by atoms with Gasteiger partial charge in [-0.25, -0.2) is 4.79 Å². The third-order valence-corrected chi connectivity index (χ3v) is 1.55. The highest BCUT2D eigenvalue weighted by Gasteiger charge is 1.91. The molecular weight excluding hydrogens is 176 g/mol. The molecule has 78 valence electrons. The van der Waals surface area contributed by atoms with Crippen LogP contribution in [0.15, 0.2) is 37.0 Å². The highest BCUT2D eigenvalue weighted by atomic mass is 16.5. The molecule has 0 N–H and O–H groups in total. The van der Waals surface area contributed by atoms with E-state index in [-0.39, 0.29) is 5.97 Å². The van der Waals surface area contributed by atoms with Crippen LogP contribution in [0.25, 0.3) is 0 Å². The summed E-state index contributed by atoms with van der Waals surface area (Å²) >= 11 is 0. The first-order valence-electron chi connectivity index (χ1n) is 4.92. The third kappa shape index (κ3) is 8.78. The van der Waals surface area contributed by atoms with E-state index in [0.29, 0.717) is 6.61 Å². The minimum Gasteiger partial charge on any atom is -0.463 e. The van der Waals surface area contributed by atoms with Gasteiger partial charge in [-0.3, -0.25) is 0 Å². The Morgan fingerprint density at radius 3 is 2.71 bits per heavy atom. The predicted molar refractivity (Wildman–Crippen MR) is 59.0 cm³/mol. The zero-order valence-corrected chi connectivity index (χ0v) is 8.74. The van der Waals surface area contributed by atoms with Gasteiger partial charge in [0.1, 0.15) is 0 Å². The molecule has 0 aromatic heterocycles. The number of carbonyl (C=O) groups excluding carboxylic acids is 1. The second-order valence-corrected chi connectivity index (χ2v) is 2.75. The van der Waals surface area contributed by atoms with E-state index in [9.17, 15) is 4.79 Å². The number of rotatable bonds is 7. The SMILES string of the molecule is C=C/C=C/CCC/C=C/C(=O)OCC. The number of carbonyl (C=O) groups is 1. The number of hydrogen-bond donors (Lipinski definition) is 0. The van der Waals surface area contributed by atoms with E-state index in [1.807, 2.05) is 12.2 Å². The molecule has 14 heavy (non-hydrogen) atoms. The van der Waals surface area contributed by atoms with Crippen molar-refractivity contribution in [3.8, 4) is 0 Å². The lowest BCUT2D eigenvalue weighted by atomic mass is 10.2. The summed E-state index contributed by atoms with van der Waals surface area (Å²) < 4.78 is 4.73. The van der Waals surface area contributed by atoms with Gasteiger partial charge in [0.25, 0.3) is 0 Å². The van der Waals surface area contributed by atoms with E-state index in [1.165, 1.54) is 6.08 Å². The van der Waals surface area contributed by atoms with E-state index in [1.54, 1.807) is 13.0 Å². The van der Waals surface area contributed by atoms with Crippen molar-refractivity contribution in [2.75, 3.05) is 6.61 Å². The minimum atomic E-state index is -0.255. The van der Waals surface area contributed by atoms with Crippen molar-refractivity contribution in [3.63, 3.8) is 0 Å². The van der Waals surface area contributed by atoms with Gasteiger partial charge in [-0.1, -0.05) is 30.9 Å². The molecule has 0 heterocycles. The van der Waals surface area contributed by atoms with E-state index in [4.69, 9.17) is 4.74 Å². The van der Waals surface area contributed by atoms with Crippen LogP contribution in [-0.2, 0) is 9.53 Å². The summed E-state index contributed by atoms with van der Waals surface area (Å²) in [5.74, 6) is -0.255. The standard InChI is InChI=1S/C12H18O2/c1-3-5-6-7-8-9-10-11-12(13)14-4-2/h3,5-6,10-11H,1,4,7-9H2,2H3/b6-5+,11-10+. The molecule has 0 amide bonds. The molecule has 0 unspecified atom stereocenters. The van der Waals surface area contributed by atoms with Gasteiger partial charge < -0.3 is 4.74 Å². The smallest absolute Gasteiger partial charge is 0.330 e. The topological polar surface area (TPSA) is 26.3 Å². The summed E-state index contributed by atoms with van der Waals surface area (Å²) in [5.41, 5.74) is 0. The fourth-order valence-corrected chi connectivity index (χ4v) is 0.916. The van der Waals surface area contributed by atoms with E-state index in [2.05, 4.69) is 12.7 Å². The molecule has 0 fully saturated rings. The summed E-state index contributed by atoms with van der Waals surface area (Å²) in [6.45, 7) is 5.81. The lowest BCUT2D eigenvalue weighted by Gasteiger charge is -1.94. The van der Waals surface area contributed by atoms with Crippen molar-refractivity contribution < 1.29 is 9.53 Å². The highest BCUT2D eigenvalue weighted by Crippen LogP contribution is 1.98. The zero-order chi connectivity index (χ0) is 10.6. The molecule has 0 rings (SSSR count). The Morgan fingerprint density at radius 2 is 2.07 bits per heavy atom. The van der Waals surface area contributed by atoms with Crippen LogP contribution >= 0.6 is 0 Å². The summed E-state index contributed by atoms with van der Waals surface area (Å²) in [6.07, 6.45) is 12.0. The van der Waals surface area contributed by atoms with Gasteiger partial charge in [-0.2, -0.15) is 0 Å². The predicted octanol–water partition coefficient (Wildman–Crippen LogP) is 3.02. The van der Waals surface area contributed by atoms with Crippen molar-refractivity contribution in [1.29, 1.82) is 0 Å². The monoisotopic (exact) mass is 194 g/mol. The molecule has 0 radical (unpaired) electrons. The van der Waals surface area contributed by atoms with Crippen LogP contribution in [0.2, 0.25) is 0 Å². The van der Waals surface area contributed by atoms with Crippen molar-refractivity contribution in [1.82, 2.24) is 0 Å². The maximum absolute atomic E-state index is 10.8. The lowest BCUT2D eigenvalue weighted by Crippen LogP contribution is -1.98. The fraction of sp³-hybridized carbons (Fsp3) is 0.417. The van der Waals surface area contributed by atoms with Crippen molar-refractivity contribution in [3.05, 3.63) is 37.0 Å². The van der Waals surface area contributed by atoms with Crippen LogP contribution in [0.5, 0.6) is 0 Å². The van der Waals surface area contributed by atoms with Crippen LogP contribution in [0.1, 0.15) is 26.2 Å². The summed E-state index contributed by atoms with van der Waals surface area (Å²) in [4.78, 5) is 10.8. The van der Waals surface area contributed by atoms with Gasteiger partial charge in [0.05, 0.1) is 6.61 Å². The zero-order valence-electron chi connectivity index (χ0n) is 8.74. The normalized spacial score (nSPS) is 10.9. The highest BCUT2D eigenvalue weighted by molar-refractivity contribution is 5.81. The van der Waals surface area contributed by atoms with Crippen LogP contribution in [-0.4, -0.2) is 12.6 Å². The maximum atomic E-state index is 10.8. The molecule has 0 aromatic rings. The van der Waals surface area contributed by atoms with Crippen LogP contribution in [0, 0.1) is 0 Å². The lowest BCUT2D eigenvalue weighted by molar-refractivity contribution is -0.137. The Labute approximate surface area is 86.0 Å². The first-order chi connectivity index (χ1) is 6.81. The first-order valence-corrected chi connectivity index (χ1v) is 4.92. The second kappa shape index (κ2) is 9.78. The maximum Gasteiger partial charge on any atom is 0.330 e. The second-order valence-electron chi connectivity index (χ2n) is 2.75. The molecule has 2 nitrogen and oxygen atoms in total. The molecule has 0 spiro atoms. The number of esters is 1. The average Bonchev–Trinajstić information content (AvgIpc) is 2.17. The molecule has 0 saturated heterocycles. The molecule has 0 atom stereocenters. The molecule has 0 saturated carbocycles. The number of unbranched alkanes of at least 4 members (excludes halogenated alkanes) is 2. The molecule has 0 bridgehead atoms. The molecule has 0 aliphatic heterocycles. The molecule has 0 aliphatic carbocycles. The Morgan fingerprint density at radius 1 is 1.36 bits per heavy atom. The largest absolute Gasteiger partial charge is 0.463 e. The Balaban J connectivity index is 3.39. The van der Waals surface area contributed by atoms with Crippen LogP contribution in [0.4, 0.5) is 0 Å². The van der Waals surface area contributed by atoms with Crippen molar-refractivity contribution in [2.45, 2.75) is 26.2 Å². The quantitative estimate of drug-likeness (QED) is 0.269. The summed E-state index contributed by atoms with van der Waals surface area (Å²) in [5, 5.41) is 0. The fourth-order valence-electron chi connectivity index (χ4n) is 0.916. The van der Waals surface area contributed by atoms with E-state index < -0.39 is 0 Å². The van der Waals surface area contributed by atoms with Gasteiger partial charge in [-0.05, 0) is 26.2 Å². The Hall–Kier alpha value is -1.31. The minimum absolute atomic E-state index is 0.255. The molecule has 0 aliphatic rings. The van der Waals surface area contributed by atoms with Gasteiger partial charge in [0, 0.05) is 6.08 Å². The number of hydrogen-bond acceptors (Lipinski definition) is 2. The average molecular weight is 194 g/mol.